The normalized spacial score (nSPS) is 10.0. The Labute approximate surface area is 131 Å². The van der Waals surface area contributed by atoms with E-state index in [0.29, 0.717) is 6.42 Å². The molecule has 0 saturated heterocycles. The van der Waals surface area contributed by atoms with E-state index in [0.717, 1.165) is 11.3 Å². The third-order valence-electron chi connectivity index (χ3n) is 3.13. The molecular weight excluding hydrogens is 276 g/mol. The number of aliphatic hydroxyl groups excluding tert-OH is 1. The molecule has 2 rings (SSSR count). The quantitative estimate of drug-likeness (QED) is 0.669. The Kier molecular flexibility index (Phi) is 5.92. The maximum atomic E-state index is 8.75. The van der Waals surface area contributed by atoms with E-state index in [2.05, 4.69) is 56.0 Å². The topological polar surface area (TPSA) is 20.2 Å². The summed E-state index contributed by atoms with van der Waals surface area (Å²) in [6, 6.07) is 14.9. The predicted molar refractivity (Wildman–Crippen MR) is 90.5 cm³/mol. The zero-order valence-corrected chi connectivity index (χ0v) is 13.3. The van der Waals surface area contributed by atoms with Crippen molar-refractivity contribution in [2.24, 2.45) is 0 Å². The molecule has 0 amide bonds. The number of aryl methyl sites for hydroxylation is 2. The zero-order valence-electron chi connectivity index (χ0n) is 12.5. The first kappa shape index (κ1) is 15.7. The molecule has 0 atom stereocenters. The number of aliphatic hydroxyl groups is 1. The van der Waals surface area contributed by atoms with Crippen molar-refractivity contribution in [2.45, 2.75) is 30.9 Å². The standard InChI is InChI=1S/C19H20OS/c1-15-9-10-16(2)19(12-15)21-14-18-8-5-7-17(13-18)6-3-4-11-20/h5,7-10,12-13,20H,4,11,14H2,1-2H3. The summed E-state index contributed by atoms with van der Waals surface area (Å²) in [5.41, 5.74) is 4.91. The van der Waals surface area contributed by atoms with E-state index in [1.165, 1.54) is 21.6 Å². The molecule has 0 aromatic heterocycles. The van der Waals surface area contributed by atoms with Crippen LogP contribution in [0, 0.1) is 25.7 Å². The molecule has 0 saturated carbocycles. The van der Waals surface area contributed by atoms with Crippen molar-refractivity contribution in [1.29, 1.82) is 0 Å². The number of thioether (sulfide) groups is 1. The van der Waals surface area contributed by atoms with Crippen LogP contribution in [0.25, 0.3) is 0 Å². The van der Waals surface area contributed by atoms with Crippen molar-refractivity contribution in [3.05, 3.63) is 64.7 Å². The number of benzene rings is 2. The Morgan fingerprint density at radius 1 is 1.10 bits per heavy atom. The van der Waals surface area contributed by atoms with E-state index in [4.69, 9.17) is 5.11 Å². The Morgan fingerprint density at radius 2 is 1.95 bits per heavy atom. The molecular formula is C19H20OS. The van der Waals surface area contributed by atoms with Crippen molar-refractivity contribution >= 4 is 11.8 Å². The molecule has 0 bridgehead atoms. The van der Waals surface area contributed by atoms with E-state index in [1.54, 1.807) is 0 Å². The minimum absolute atomic E-state index is 0.120. The summed E-state index contributed by atoms with van der Waals surface area (Å²) in [5.74, 6) is 6.99. The SMILES string of the molecule is Cc1ccc(C)c(SCc2cccc(C#CCCO)c2)c1. The van der Waals surface area contributed by atoms with Crippen LogP contribution in [0.1, 0.15) is 28.7 Å². The Balaban J connectivity index is 2.05. The monoisotopic (exact) mass is 296 g/mol. The van der Waals surface area contributed by atoms with E-state index in [9.17, 15) is 0 Å². The van der Waals surface area contributed by atoms with Gasteiger partial charge < -0.3 is 5.11 Å². The average Bonchev–Trinajstić information content (AvgIpc) is 2.49. The van der Waals surface area contributed by atoms with E-state index in [-0.39, 0.29) is 6.61 Å². The molecule has 0 spiro atoms. The lowest BCUT2D eigenvalue weighted by Crippen LogP contribution is -1.86. The highest BCUT2D eigenvalue weighted by Crippen LogP contribution is 2.27. The molecule has 1 N–H and O–H groups in total. The Bertz CT molecular complexity index is 665. The van der Waals surface area contributed by atoms with Crippen LogP contribution in [0.2, 0.25) is 0 Å². The van der Waals surface area contributed by atoms with E-state index >= 15 is 0 Å². The zero-order chi connectivity index (χ0) is 15.1. The van der Waals surface area contributed by atoms with Crippen molar-refractivity contribution in [3.63, 3.8) is 0 Å². The third-order valence-corrected chi connectivity index (χ3v) is 4.36. The van der Waals surface area contributed by atoms with E-state index < -0.39 is 0 Å². The van der Waals surface area contributed by atoms with Gasteiger partial charge in [0.05, 0.1) is 6.61 Å². The molecule has 0 radical (unpaired) electrons. The number of hydrogen-bond donors (Lipinski definition) is 1. The highest BCUT2D eigenvalue weighted by molar-refractivity contribution is 7.98. The van der Waals surface area contributed by atoms with Crippen LogP contribution in [0.4, 0.5) is 0 Å². The molecule has 0 unspecified atom stereocenters. The van der Waals surface area contributed by atoms with Crippen molar-refractivity contribution in [2.75, 3.05) is 6.61 Å². The van der Waals surface area contributed by atoms with Crippen LogP contribution in [0.15, 0.2) is 47.4 Å². The van der Waals surface area contributed by atoms with Crippen molar-refractivity contribution < 1.29 is 5.11 Å². The molecule has 2 aromatic carbocycles. The van der Waals surface area contributed by atoms with Crippen LogP contribution in [-0.4, -0.2) is 11.7 Å². The fourth-order valence-corrected chi connectivity index (χ4v) is 3.05. The molecule has 0 heterocycles. The molecule has 0 aliphatic carbocycles. The third kappa shape index (κ3) is 4.97. The summed E-state index contributed by atoms with van der Waals surface area (Å²) >= 11 is 1.86. The summed E-state index contributed by atoms with van der Waals surface area (Å²) in [4.78, 5) is 1.34. The predicted octanol–water partition coefficient (Wildman–Crippen LogP) is 4.33. The molecule has 2 heteroatoms. The lowest BCUT2D eigenvalue weighted by Gasteiger charge is -2.07. The fraction of sp³-hybridized carbons (Fsp3) is 0.263. The molecule has 0 aliphatic heterocycles. The first-order valence-corrected chi connectivity index (χ1v) is 8.06. The van der Waals surface area contributed by atoms with Crippen LogP contribution in [-0.2, 0) is 5.75 Å². The second kappa shape index (κ2) is 7.93. The summed E-state index contributed by atoms with van der Waals surface area (Å²) in [6.45, 7) is 4.40. The smallest absolute Gasteiger partial charge is 0.0540 e. The van der Waals surface area contributed by atoms with Gasteiger partial charge >= 0.3 is 0 Å². The summed E-state index contributed by atoms with van der Waals surface area (Å²) < 4.78 is 0. The highest BCUT2D eigenvalue weighted by Gasteiger charge is 2.01. The van der Waals surface area contributed by atoms with E-state index in [1.807, 2.05) is 23.9 Å². The summed E-state index contributed by atoms with van der Waals surface area (Å²) in [7, 11) is 0. The Morgan fingerprint density at radius 3 is 2.76 bits per heavy atom. The van der Waals surface area contributed by atoms with Crippen molar-refractivity contribution in [3.8, 4) is 11.8 Å². The highest BCUT2D eigenvalue weighted by atomic mass is 32.2. The van der Waals surface area contributed by atoms with Gasteiger partial charge in [0, 0.05) is 22.6 Å². The maximum absolute atomic E-state index is 8.75. The fourth-order valence-electron chi connectivity index (χ4n) is 1.98. The van der Waals surface area contributed by atoms with Gasteiger partial charge in [-0.2, -0.15) is 0 Å². The minimum Gasteiger partial charge on any atom is -0.395 e. The molecule has 2 aromatic rings. The van der Waals surface area contributed by atoms with Gasteiger partial charge in [0.1, 0.15) is 0 Å². The second-order valence-corrected chi connectivity index (χ2v) is 6.05. The van der Waals surface area contributed by atoms with Crippen molar-refractivity contribution in [1.82, 2.24) is 0 Å². The van der Waals surface area contributed by atoms with Crippen LogP contribution < -0.4 is 0 Å². The molecule has 108 valence electrons. The molecule has 0 fully saturated rings. The first-order valence-electron chi connectivity index (χ1n) is 7.08. The minimum atomic E-state index is 0.120. The molecule has 21 heavy (non-hydrogen) atoms. The van der Waals surface area contributed by atoms with Gasteiger partial charge in [0.25, 0.3) is 0 Å². The van der Waals surface area contributed by atoms with Gasteiger partial charge in [-0.1, -0.05) is 41.7 Å². The summed E-state index contributed by atoms with van der Waals surface area (Å²) in [5, 5.41) is 8.75. The van der Waals surface area contributed by atoms with Gasteiger partial charge in [-0.25, -0.2) is 0 Å². The maximum Gasteiger partial charge on any atom is 0.0540 e. The number of hydrogen-bond acceptors (Lipinski definition) is 2. The lowest BCUT2D eigenvalue weighted by atomic mass is 10.1. The van der Waals surface area contributed by atoms with Gasteiger partial charge in [-0.15, -0.1) is 11.8 Å². The molecule has 0 aliphatic rings. The Hall–Kier alpha value is -1.69. The van der Waals surface area contributed by atoms with Gasteiger partial charge in [0.2, 0.25) is 0 Å². The van der Waals surface area contributed by atoms with Gasteiger partial charge in [-0.05, 0) is 43.2 Å². The van der Waals surface area contributed by atoms with Gasteiger partial charge in [0.15, 0.2) is 0 Å². The lowest BCUT2D eigenvalue weighted by molar-refractivity contribution is 0.305. The van der Waals surface area contributed by atoms with Crippen LogP contribution in [0.3, 0.4) is 0 Å². The summed E-state index contributed by atoms with van der Waals surface area (Å²) in [6.07, 6.45) is 0.529. The second-order valence-electron chi connectivity index (χ2n) is 5.03. The van der Waals surface area contributed by atoms with Crippen LogP contribution >= 0.6 is 11.8 Å². The van der Waals surface area contributed by atoms with Crippen LogP contribution in [0.5, 0.6) is 0 Å². The molecule has 1 nitrogen and oxygen atoms in total. The average molecular weight is 296 g/mol. The largest absolute Gasteiger partial charge is 0.395 e. The van der Waals surface area contributed by atoms with Gasteiger partial charge in [-0.3, -0.25) is 0 Å². The first-order chi connectivity index (χ1) is 10.2. The number of rotatable bonds is 4.